The first-order valence-electron chi connectivity index (χ1n) is 13.0. The molecule has 9 heteroatoms. The number of benzene rings is 2. The van der Waals surface area contributed by atoms with Gasteiger partial charge in [-0.3, -0.25) is 14.5 Å². The van der Waals surface area contributed by atoms with Gasteiger partial charge in [-0.25, -0.2) is 0 Å². The largest absolute Gasteiger partial charge is 0.507 e. The zero-order valence-electron chi connectivity index (χ0n) is 22.8. The Morgan fingerprint density at radius 1 is 1.08 bits per heavy atom. The molecule has 2 saturated heterocycles. The van der Waals surface area contributed by atoms with E-state index in [1.54, 1.807) is 54.5 Å². The fourth-order valence-electron chi connectivity index (χ4n) is 5.04. The second kappa shape index (κ2) is 12.8. The number of morpholine rings is 1. The smallest absolute Gasteiger partial charge is 0.295 e. The summed E-state index contributed by atoms with van der Waals surface area (Å²) in [5.41, 5.74) is 1.86. The minimum atomic E-state index is -0.793. The quantitative estimate of drug-likeness (QED) is 0.201. The normalized spacial score (nSPS) is 19.3. The summed E-state index contributed by atoms with van der Waals surface area (Å²) >= 11 is 0. The SMILES string of the molecule is C=CCOc1ccc(C2/C(=C(\O)c3ccc(OC)cc3C)C(=O)C(=O)N2CCCN2CCOCC2)cc1OC. The van der Waals surface area contributed by atoms with Crippen molar-refractivity contribution in [3.63, 3.8) is 0 Å². The molecule has 0 aliphatic carbocycles. The first kappa shape index (κ1) is 28.2. The predicted octanol–water partition coefficient (Wildman–Crippen LogP) is 3.72. The van der Waals surface area contributed by atoms with Gasteiger partial charge in [-0.2, -0.15) is 0 Å². The lowest BCUT2D eigenvalue weighted by Crippen LogP contribution is -2.39. The molecule has 0 bridgehead atoms. The summed E-state index contributed by atoms with van der Waals surface area (Å²) in [5.74, 6) is 0.0140. The Kier molecular flexibility index (Phi) is 9.27. The molecule has 0 radical (unpaired) electrons. The van der Waals surface area contributed by atoms with Gasteiger partial charge in [0.15, 0.2) is 11.5 Å². The van der Waals surface area contributed by atoms with Crippen molar-refractivity contribution in [2.75, 3.05) is 60.2 Å². The highest BCUT2D eigenvalue weighted by Crippen LogP contribution is 2.42. The minimum absolute atomic E-state index is 0.0430. The average molecular weight is 537 g/mol. The lowest BCUT2D eigenvalue weighted by atomic mass is 9.93. The second-order valence-electron chi connectivity index (χ2n) is 9.49. The molecule has 2 heterocycles. The Hall–Kier alpha value is -3.82. The number of aliphatic hydroxyl groups excluding tert-OH is 1. The van der Waals surface area contributed by atoms with E-state index in [2.05, 4.69) is 11.5 Å². The number of aryl methyl sites for hydroxylation is 1. The molecule has 2 aliphatic heterocycles. The number of amides is 1. The van der Waals surface area contributed by atoms with E-state index >= 15 is 0 Å². The maximum atomic E-state index is 13.4. The number of methoxy groups -OCH3 is 2. The molecule has 1 amide bonds. The minimum Gasteiger partial charge on any atom is -0.507 e. The molecule has 0 spiro atoms. The third-order valence-corrected chi connectivity index (χ3v) is 7.07. The monoisotopic (exact) mass is 536 g/mol. The maximum absolute atomic E-state index is 13.4. The number of aliphatic hydroxyl groups is 1. The summed E-state index contributed by atoms with van der Waals surface area (Å²) in [4.78, 5) is 30.7. The van der Waals surface area contributed by atoms with Crippen LogP contribution in [-0.4, -0.2) is 86.8 Å². The van der Waals surface area contributed by atoms with Crippen LogP contribution >= 0.6 is 0 Å². The van der Waals surface area contributed by atoms with Gasteiger partial charge in [-0.1, -0.05) is 18.7 Å². The fourth-order valence-corrected chi connectivity index (χ4v) is 5.04. The summed E-state index contributed by atoms with van der Waals surface area (Å²) in [6, 6.07) is 9.67. The van der Waals surface area contributed by atoms with Gasteiger partial charge < -0.3 is 29.0 Å². The number of hydrogen-bond acceptors (Lipinski definition) is 8. The van der Waals surface area contributed by atoms with E-state index in [1.807, 2.05) is 6.92 Å². The van der Waals surface area contributed by atoms with E-state index in [9.17, 15) is 14.7 Å². The number of carbonyl (C=O) groups excluding carboxylic acids is 2. The van der Waals surface area contributed by atoms with Crippen LogP contribution in [0.4, 0.5) is 0 Å². The molecule has 39 heavy (non-hydrogen) atoms. The van der Waals surface area contributed by atoms with Crippen molar-refractivity contribution in [2.45, 2.75) is 19.4 Å². The Morgan fingerprint density at radius 3 is 2.51 bits per heavy atom. The van der Waals surface area contributed by atoms with E-state index in [-0.39, 0.29) is 11.3 Å². The molecular weight excluding hydrogens is 500 g/mol. The molecule has 1 N–H and O–H groups in total. The first-order chi connectivity index (χ1) is 18.9. The molecule has 2 aliphatic rings. The molecule has 2 aromatic rings. The van der Waals surface area contributed by atoms with Crippen molar-refractivity contribution in [1.29, 1.82) is 0 Å². The molecule has 9 nitrogen and oxygen atoms in total. The van der Waals surface area contributed by atoms with Gasteiger partial charge in [-0.15, -0.1) is 0 Å². The molecule has 2 aromatic carbocycles. The van der Waals surface area contributed by atoms with Gasteiger partial charge in [0.25, 0.3) is 11.7 Å². The second-order valence-corrected chi connectivity index (χ2v) is 9.49. The van der Waals surface area contributed by atoms with Gasteiger partial charge in [-0.05, 0) is 54.8 Å². The van der Waals surface area contributed by atoms with Crippen LogP contribution in [0.15, 0.2) is 54.6 Å². The van der Waals surface area contributed by atoms with Crippen molar-refractivity contribution in [3.8, 4) is 17.2 Å². The van der Waals surface area contributed by atoms with E-state index in [4.69, 9.17) is 18.9 Å². The summed E-state index contributed by atoms with van der Waals surface area (Å²) in [6.07, 6.45) is 2.30. The highest BCUT2D eigenvalue weighted by molar-refractivity contribution is 6.46. The zero-order chi connectivity index (χ0) is 27.9. The van der Waals surface area contributed by atoms with Crippen LogP contribution < -0.4 is 14.2 Å². The van der Waals surface area contributed by atoms with Crippen molar-refractivity contribution in [2.24, 2.45) is 0 Å². The van der Waals surface area contributed by atoms with Gasteiger partial charge in [0.05, 0.1) is 39.0 Å². The predicted molar refractivity (Wildman–Crippen MR) is 147 cm³/mol. The summed E-state index contributed by atoms with van der Waals surface area (Å²) in [6.45, 7) is 9.96. The van der Waals surface area contributed by atoms with E-state index < -0.39 is 17.7 Å². The van der Waals surface area contributed by atoms with Crippen LogP contribution in [0.25, 0.3) is 5.76 Å². The van der Waals surface area contributed by atoms with Crippen LogP contribution in [-0.2, 0) is 14.3 Å². The van der Waals surface area contributed by atoms with Crippen molar-refractivity contribution in [3.05, 3.63) is 71.3 Å². The number of ketones is 1. The molecule has 0 aromatic heterocycles. The molecule has 1 atom stereocenters. The van der Waals surface area contributed by atoms with Crippen molar-refractivity contribution in [1.82, 2.24) is 9.80 Å². The van der Waals surface area contributed by atoms with Crippen LogP contribution in [0.1, 0.15) is 29.2 Å². The van der Waals surface area contributed by atoms with Crippen LogP contribution in [0, 0.1) is 6.92 Å². The number of hydrogen-bond donors (Lipinski definition) is 1. The van der Waals surface area contributed by atoms with Crippen LogP contribution in [0.3, 0.4) is 0 Å². The number of carbonyl (C=O) groups is 2. The maximum Gasteiger partial charge on any atom is 0.295 e. The molecule has 0 saturated carbocycles. The Balaban J connectivity index is 1.74. The lowest BCUT2D eigenvalue weighted by molar-refractivity contribution is -0.140. The lowest BCUT2D eigenvalue weighted by Gasteiger charge is -2.29. The Labute approximate surface area is 229 Å². The van der Waals surface area contributed by atoms with Gasteiger partial charge in [0.1, 0.15) is 18.1 Å². The van der Waals surface area contributed by atoms with E-state index in [1.165, 1.54) is 7.11 Å². The molecule has 208 valence electrons. The number of likely N-dealkylation sites (tertiary alicyclic amines) is 1. The fraction of sp³-hybridized carbons (Fsp3) is 0.400. The summed E-state index contributed by atoms with van der Waals surface area (Å²) < 4.78 is 22.0. The van der Waals surface area contributed by atoms with E-state index in [0.29, 0.717) is 61.2 Å². The molecule has 1 unspecified atom stereocenters. The number of nitrogens with zero attached hydrogens (tertiary/aromatic N) is 2. The zero-order valence-corrected chi connectivity index (χ0v) is 22.8. The number of ether oxygens (including phenoxy) is 4. The highest BCUT2D eigenvalue weighted by Gasteiger charge is 2.46. The first-order valence-corrected chi connectivity index (χ1v) is 13.0. The van der Waals surface area contributed by atoms with Gasteiger partial charge >= 0.3 is 0 Å². The van der Waals surface area contributed by atoms with Crippen LogP contribution in [0.5, 0.6) is 17.2 Å². The van der Waals surface area contributed by atoms with Crippen LogP contribution in [0.2, 0.25) is 0 Å². The molecule has 4 rings (SSSR count). The number of rotatable bonds is 11. The molecule has 2 fully saturated rings. The topological polar surface area (TPSA) is 97.8 Å². The average Bonchev–Trinajstić information content (AvgIpc) is 3.21. The Bertz CT molecular complexity index is 1250. The standard InChI is InChI=1S/C30H36N2O7/c1-5-15-39-24-10-7-21(19-25(24)37-4)27-26(28(33)23-9-8-22(36-3)18-20(23)2)29(34)30(35)32(27)12-6-11-31-13-16-38-17-14-31/h5,7-10,18-19,27,33H,1,6,11-17H2,2-4H3/b28-26+. The van der Waals surface area contributed by atoms with Crippen molar-refractivity contribution < 1.29 is 33.6 Å². The third kappa shape index (κ3) is 6.10. The van der Waals surface area contributed by atoms with Gasteiger partial charge in [0.2, 0.25) is 0 Å². The van der Waals surface area contributed by atoms with Crippen molar-refractivity contribution >= 4 is 17.4 Å². The highest BCUT2D eigenvalue weighted by atomic mass is 16.5. The Morgan fingerprint density at radius 2 is 1.85 bits per heavy atom. The van der Waals surface area contributed by atoms with E-state index in [0.717, 1.165) is 25.2 Å². The van der Waals surface area contributed by atoms with Gasteiger partial charge in [0, 0.05) is 31.7 Å². The molecular formula is C30H36N2O7. The third-order valence-electron chi connectivity index (χ3n) is 7.07. The summed E-state index contributed by atoms with van der Waals surface area (Å²) in [5, 5.41) is 11.5. The number of Topliss-reactive ketones (excluding diaryl/α,β-unsaturated/α-hetero) is 1. The summed E-state index contributed by atoms with van der Waals surface area (Å²) in [7, 11) is 3.09.